The second-order valence-corrected chi connectivity index (χ2v) is 4.30. The molecule has 0 heterocycles. The lowest BCUT2D eigenvalue weighted by atomic mass is 10.1. The molecule has 1 rings (SSSR count). The lowest BCUT2D eigenvalue weighted by molar-refractivity contribution is -0.124. The van der Waals surface area contributed by atoms with Crippen LogP contribution in [0.25, 0.3) is 0 Å². The topological polar surface area (TPSA) is 75.6 Å². The summed E-state index contributed by atoms with van der Waals surface area (Å²) in [5.74, 6) is -0.963. The third-order valence-electron chi connectivity index (χ3n) is 2.23. The van der Waals surface area contributed by atoms with E-state index in [-0.39, 0.29) is 29.9 Å². The summed E-state index contributed by atoms with van der Waals surface area (Å²) in [6, 6.07) is 4.47. The Balaban J connectivity index is 2.55. The molecule has 0 aromatic heterocycles. The largest absolute Gasteiger partial charge is 0.508 e. The van der Waals surface area contributed by atoms with E-state index in [1.165, 1.54) is 12.1 Å². The molecule has 0 aliphatic heterocycles. The summed E-state index contributed by atoms with van der Waals surface area (Å²) in [6.45, 7) is 5.03. The quantitative estimate of drug-likeness (QED) is 0.793. The molecule has 0 fully saturated rings. The molecule has 0 saturated heterocycles. The number of carbonyl (C=O) groups is 2. The van der Waals surface area contributed by atoms with Crippen molar-refractivity contribution in [1.82, 2.24) is 5.32 Å². The highest BCUT2D eigenvalue weighted by atomic mass is 16.5. The van der Waals surface area contributed by atoms with Crippen molar-refractivity contribution in [2.75, 3.05) is 6.61 Å². The summed E-state index contributed by atoms with van der Waals surface area (Å²) in [6.07, 6.45) is 0. The maximum atomic E-state index is 11.6. The van der Waals surface area contributed by atoms with Crippen molar-refractivity contribution in [3.8, 4) is 5.75 Å². The molecule has 0 saturated carbocycles. The van der Waals surface area contributed by atoms with Crippen LogP contribution in [-0.2, 0) is 9.53 Å². The van der Waals surface area contributed by atoms with Crippen molar-refractivity contribution >= 4 is 11.9 Å². The van der Waals surface area contributed by atoms with Gasteiger partial charge in [0.15, 0.2) is 6.61 Å². The first-order chi connectivity index (χ1) is 8.40. The first-order valence-corrected chi connectivity index (χ1v) is 5.66. The Hall–Kier alpha value is -2.04. The normalized spacial score (nSPS) is 10.2. The van der Waals surface area contributed by atoms with Gasteiger partial charge in [0.05, 0.1) is 5.56 Å². The number of esters is 1. The van der Waals surface area contributed by atoms with Gasteiger partial charge in [0.25, 0.3) is 5.91 Å². The molecular formula is C13H17NO4. The van der Waals surface area contributed by atoms with Crippen LogP contribution in [0.1, 0.15) is 29.8 Å². The van der Waals surface area contributed by atoms with E-state index < -0.39 is 5.97 Å². The molecule has 0 bridgehead atoms. The number of benzene rings is 1. The Morgan fingerprint density at radius 3 is 2.61 bits per heavy atom. The number of nitrogens with one attached hydrogen (secondary N) is 1. The van der Waals surface area contributed by atoms with Crippen LogP contribution in [0.3, 0.4) is 0 Å². The molecule has 1 amide bonds. The van der Waals surface area contributed by atoms with Gasteiger partial charge >= 0.3 is 5.97 Å². The van der Waals surface area contributed by atoms with Gasteiger partial charge in [-0.2, -0.15) is 0 Å². The number of hydrogen-bond donors (Lipinski definition) is 2. The molecule has 0 atom stereocenters. The third-order valence-corrected chi connectivity index (χ3v) is 2.23. The van der Waals surface area contributed by atoms with Crippen molar-refractivity contribution < 1.29 is 19.4 Å². The van der Waals surface area contributed by atoms with E-state index >= 15 is 0 Å². The Kier molecular flexibility index (Phi) is 4.71. The Morgan fingerprint density at radius 1 is 1.39 bits per heavy atom. The number of aryl methyl sites for hydroxylation is 1. The monoisotopic (exact) mass is 251 g/mol. The van der Waals surface area contributed by atoms with E-state index in [2.05, 4.69) is 5.32 Å². The number of hydrogen-bond acceptors (Lipinski definition) is 4. The zero-order valence-corrected chi connectivity index (χ0v) is 10.7. The minimum Gasteiger partial charge on any atom is -0.508 e. The van der Waals surface area contributed by atoms with Crippen LogP contribution < -0.4 is 5.32 Å². The summed E-state index contributed by atoms with van der Waals surface area (Å²) in [4.78, 5) is 22.9. The van der Waals surface area contributed by atoms with Gasteiger partial charge < -0.3 is 15.2 Å². The lowest BCUT2D eigenvalue weighted by Crippen LogP contribution is -2.33. The van der Waals surface area contributed by atoms with Crippen LogP contribution in [0, 0.1) is 6.92 Å². The SMILES string of the molecule is Cc1ccc(C(=O)OCC(=O)NC(C)C)cc1O. The van der Waals surface area contributed by atoms with Gasteiger partial charge in [0.1, 0.15) is 5.75 Å². The number of ether oxygens (including phenoxy) is 1. The van der Waals surface area contributed by atoms with Gasteiger partial charge in [0, 0.05) is 6.04 Å². The second kappa shape index (κ2) is 6.05. The zero-order valence-electron chi connectivity index (χ0n) is 10.7. The van der Waals surface area contributed by atoms with E-state index in [0.717, 1.165) is 0 Å². The van der Waals surface area contributed by atoms with Crippen LogP contribution in [0.2, 0.25) is 0 Å². The number of phenolic OH excluding ortho intramolecular Hbond substituents is 1. The molecule has 1 aromatic carbocycles. The fraction of sp³-hybridized carbons (Fsp3) is 0.385. The summed E-state index contributed by atoms with van der Waals surface area (Å²) in [5, 5.41) is 12.1. The zero-order chi connectivity index (χ0) is 13.7. The Bertz CT molecular complexity index is 454. The number of amides is 1. The highest BCUT2D eigenvalue weighted by Gasteiger charge is 2.11. The van der Waals surface area contributed by atoms with E-state index in [0.29, 0.717) is 5.56 Å². The van der Waals surface area contributed by atoms with Crippen LogP contribution in [0.15, 0.2) is 18.2 Å². The molecule has 5 heteroatoms. The number of aromatic hydroxyl groups is 1. The minimum atomic E-state index is -0.635. The van der Waals surface area contributed by atoms with Gasteiger partial charge in [-0.15, -0.1) is 0 Å². The fourth-order valence-corrected chi connectivity index (χ4v) is 1.31. The Labute approximate surface area is 106 Å². The van der Waals surface area contributed by atoms with Gasteiger partial charge in [-0.05, 0) is 38.5 Å². The first kappa shape index (κ1) is 14.0. The molecular weight excluding hydrogens is 234 g/mol. The summed E-state index contributed by atoms with van der Waals surface area (Å²) in [5.41, 5.74) is 0.888. The van der Waals surface area contributed by atoms with E-state index in [1.54, 1.807) is 13.0 Å². The molecule has 98 valence electrons. The van der Waals surface area contributed by atoms with Crippen molar-refractivity contribution in [2.45, 2.75) is 26.8 Å². The lowest BCUT2D eigenvalue weighted by Gasteiger charge is -2.09. The number of phenols is 1. The maximum absolute atomic E-state index is 11.6. The van der Waals surface area contributed by atoms with Gasteiger partial charge in [-0.1, -0.05) is 6.07 Å². The smallest absolute Gasteiger partial charge is 0.338 e. The average Bonchev–Trinajstić information content (AvgIpc) is 2.28. The van der Waals surface area contributed by atoms with Crippen LogP contribution in [0.4, 0.5) is 0 Å². The van der Waals surface area contributed by atoms with Gasteiger partial charge in [-0.3, -0.25) is 4.79 Å². The molecule has 0 aliphatic carbocycles. The van der Waals surface area contributed by atoms with Gasteiger partial charge in [0.2, 0.25) is 0 Å². The highest BCUT2D eigenvalue weighted by Crippen LogP contribution is 2.17. The number of rotatable bonds is 4. The van der Waals surface area contributed by atoms with Crippen molar-refractivity contribution in [1.29, 1.82) is 0 Å². The molecule has 0 radical (unpaired) electrons. The average molecular weight is 251 g/mol. The van der Waals surface area contributed by atoms with E-state index in [1.807, 2.05) is 13.8 Å². The predicted molar refractivity (Wildman–Crippen MR) is 66.4 cm³/mol. The molecule has 18 heavy (non-hydrogen) atoms. The van der Waals surface area contributed by atoms with Crippen molar-refractivity contribution in [3.63, 3.8) is 0 Å². The first-order valence-electron chi connectivity index (χ1n) is 5.66. The van der Waals surface area contributed by atoms with Crippen molar-refractivity contribution in [2.24, 2.45) is 0 Å². The molecule has 1 aromatic rings. The van der Waals surface area contributed by atoms with E-state index in [4.69, 9.17) is 4.74 Å². The Morgan fingerprint density at radius 2 is 2.06 bits per heavy atom. The summed E-state index contributed by atoms with van der Waals surface area (Å²) >= 11 is 0. The second-order valence-electron chi connectivity index (χ2n) is 4.30. The third kappa shape index (κ3) is 4.08. The van der Waals surface area contributed by atoms with E-state index in [9.17, 15) is 14.7 Å². The molecule has 0 spiro atoms. The standard InChI is InChI=1S/C13H17NO4/c1-8(2)14-12(16)7-18-13(17)10-5-4-9(3)11(15)6-10/h4-6,8,15H,7H2,1-3H3,(H,14,16). The summed E-state index contributed by atoms with van der Waals surface area (Å²) in [7, 11) is 0. The van der Waals surface area contributed by atoms with Gasteiger partial charge in [-0.25, -0.2) is 4.79 Å². The molecule has 2 N–H and O–H groups in total. The van der Waals surface area contributed by atoms with Crippen LogP contribution in [0.5, 0.6) is 5.75 Å². The molecule has 0 aliphatic rings. The summed E-state index contributed by atoms with van der Waals surface area (Å²) < 4.78 is 4.82. The minimum absolute atomic E-state index is 0.000351. The highest BCUT2D eigenvalue weighted by molar-refractivity contribution is 5.91. The maximum Gasteiger partial charge on any atom is 0.338 e. The molecule has 5 nitrogen and oxygen atoms in total. The fourth-order valence-electron chi connectivity index (χ4n) is 1.31. The molecule has 0 unspecified atom stereocenters. The van der Waals surface area contributed by atoms with Crippen LogP contribution >= 0.6 is 0 Å². The van der Waals surface area contributed by atoms with Crippen LogP contribution in [-0.4, -0.2) is 29.6 Å². The number of carbonyl (C=O) groups excluding carboxylic acids is 2. The predicted octanol–water partition coefficient (Wildman–Crippen LogP) is 1.38. The van der Waals surface area contributed by atoms with Crippen molar-refractivity contribution in [3.05, 3.63) is 29.3 Å².